The van der Waals surface area contributed by atoms with E-state index in [1.54, 1.807) is 26.4 Å². The summed E-state index contributed by atoms with van der Waals surface area (Å²) in [5, 5.41) is 4.07. The second-order valence-electron chi connectivity index (χ2n) is 5.14. The number of anilines is 1. The average Bonchev–Trinajstić information content (AvgIpc) is 3.03. The summed E-state index contributed by atoms with van der Waals surface area (Å²) < 4.78 is 16.2. The fourth-order valence-corrected chi connectivity index (χ4v) is 2.37. The molecular weight excluding hydrogens is 306 g/mol. The van der Waals surface area contributed by atoms with Gasteiger partial charge < -0.3 is 24.9 Å². The SMILES string of the molecule is COc1ccc(OC)c(NC(N)=NCc2cc3ccccc3o2)c1. The highest BCUT2D eigenvalue weighted by Gasteiger charge is 2.07. The number of methoxy groups -OCH3 is 2. The Hall–Kier alpha value is -3.15. The molecule has 0 aliphatic carbocycles. The minimum absolute atomic E-state index is 0.266. The van der Waals surface area contributed by atoms with Crippen LogP contribution >= 0.6 is 0 Å². The lowest BCUT2D eigenvalue weighted by atomic mass is 10.2. The van der Waals surface area contributed by atoms with Crippen molar-refractivity contribution in [2.24, 2.45) is 10.7 Å². The number of rotatable bonds is 5. The number of benzene rings is 2. The molecule has 0 spiro atoms. The number of nitrogens with two attached hydrogens (primary N) is 1. The summed E-state index contributed by atoms with van der Waals surface area (Å²) in [6, 6.07) is 15.2. The Labute approximate surface area is 139 Å². The van der Waals surface area contributed by atoms with Crippen LogP contribution < -0.4 is 20.5 Å². The van der Waals surface area contributed by atoms with Gasteiger partial charge in [0.25, 0.3) is 0 Å². The molecule has 124 valence electrons. The van der Waals surface area contributed by atoms with E-state index in [0.29, 0.717) is 23.7 Å². The molecule has 1 heterocycles. The highest BCUT2D eigenvalue weighted by Crippen LogP contribution is 2.28. The lowest BCUT2D eigenvalue weighted by Gasteiger charge is -2.11. The number of guanidine groups is 1. The number of hydrogen-bond acceptors (Lipinski definition) is 4. The number of hydrogen-bond donors (Lipinski definition) is 2. The van der Waals surface area contributed by atoms with E-state index >= 15 is 0 Å². The Morgan fingerprint density at radius 3 is 2.71 bits per heavy atom. The molecule has 0 aliphatic heterocycles. The molecule has 24 heavy (non-hydrogen) atoms. The van der Waals surface area contributed by atoms with Gasteiger partial charge >= 0.3 is 0 Å². The van der Waals surface area contributed by atoms with E-state index in [1.807, 2.05) is 36.4 Å². The Morgan fingerprint density at radius 1 is 1.12 bits per heavy atom. The van der Waals surface area contributed by atoms with Crippen molar-refractivity contribution in [2.75, 3.05) is 19.5 Å². The number of nitrogens with one attached hydrogen (secondary N) is 1. The summed E-state index contributed by atoms with van der Waals surface area (Å²) in [5.41, 5.74) is 7.48. The Morgan fingerprint density at radius 2 is 1.96 bits per heavy atom. The second-order valence-corrected chi connectivity index (χ2v) is 5.14. The van der Waals surface area contributed by atoms with E-state index in [0.717, 1.165) is 16.7 Å². The van der Waals surface area contributed by atoms with Gasteiger partial charge in [-0.25, -0.2) is 4.99 Å². The number of fused-ring (bicyclic) bond motifs is 1. The summed E-state index contributed by atoms with van der Waals surface area (Å²) in [7, 11) is 3.19. The molecule has 0 amide bonds. The Bertz CT molecular complexity index is 838. The lowest BCUT2D eigenvalue weighted by molar-refractivity contribution is 0.405. The van der Waals surface area contributed by atoms with Crippen LogP contribution in [0.4, 0.5) is 5.69 Å². The molecule has 0 fully saturated rings. The molecule has 6 nitrogen and oxygen atoms in total. The third kappa shape index (κ3) is 3.43. The maximum absolute atomic E-state index is 5.96. The van der Waals surface area contributed by atoms with E-state index in [2.05, 4.69) is 10.3 Å². The minimum Gasteiger partial charge on any atom is -0.497 e. The third-order valence-corrected chi connectivity index (χ3v) is 3.55. The van der Waals surface area contributed by atoms with Crippen LogP contribution in [0.2, 0.25) is 0 Å². The van der Waals surface area contributed by atoms with Gasteiger partial charge in [-0.3, -0.25) is 0 Å². The van der Waals surface area contributed by atoms with Crippen LogP contribution in [0.25, 0.3) is 11.0 Å². The zero-order valence-electron chi connectivity index (χ0n) is 13.6. The third-order valence-electron chi connectivity index (χ3n) is 3.55. The van der Waals surface area contributed by atoms with E-state index < -0.39 is 0 Å². The zero-order valence-corrected chi connectivity index (χ0v) is 13.6. The van der Waals surface area contributed by atoms with Crippen LogP contribution in [0.5, 0.6) is 11.5 Å². The van der Waals surface area contributed by atoms with E-state index in [1.165, 1.54) is 0 Å². The molecule has 1 aromatic heterocycles. The van der Waals surface area contributed by atoms with Gasteiger partial charge in [0.2, 0.25) is 0 Å². The first-order chi connectivity index (χ1) is 11.7. The van der Waals surface area contributed by atoms with Crippen molar-refractivity contribution in [3.05, 3.63) is 54.3 Å². The Kier molecular flexibility index (Phi) is 4.56. The lowest BCUT2D eigenvalue weighted by Crippen LogP contribution is -2.23. The standard InChI is InChI=1S/C18H19N3O3/c1-22-13-7-8-17(23-2)15(10-13)21-18(19)20-11-14-9-12-5-3-4-6-16(12)24-14/h3-10H,11H2,1-2H3,(H3,19,20,21). The molecule has 0 unspecified atom stereocenters. The molecule has 2 aromatic carbocycles. The van der Waals surface area contributed by atoms with Crippen molar-refractivity contribution < 1.29 is 13.9 Å². The zero-order chi connectivity index (χ0) is 16.9. The van der Waals surface area contributed by atoms with Crippen molar-refractivity contribution in [2.45, 2.75) is 6.54 Å². The van der Waals surface area contributed by atoms with E-state index in [-0.39, 0.29) is 5.96 Å². The number of nitrogens with zero attached hydrogens (tertiary/aromatic N) is 1. The molecule has 0 saturated carbocycles. The predicted octanol–water partition coefficient (Wildman–Crippen LogP) is 3.38. The molecule has 0 bridgehead atoms. The maximum atomic E-state index is 5.96. The summed E-state index contributed by atoms with van der Waals surface area (Å²) in [4.78, 5) is 4.31. The molecular formula is C18H19N3O3. The van der Waals surface area contributed by atoms with Crippen molar-refractivity contribution in [1.29, 1.82) is 0 Å². The monoisotopic (exact) mass is 325 g/mol. The van der Waals surface area contributed by atoms with E-state index in [9.17, 15) is 0 Å². The minimum atomic E-state index is 0.266. The number of aliphatic imine (C=N–C) groups is 1. The van der Waals surface area contributed by atoms with Crippen molar-refractivity contribution in [1.82, 2.24) is 0 Å². The fourth-order valence-electron chi connectivity index (χ4n) is 2.37. The van der Waals surface area contributed by atoms with Crippen LogP contribution in [0, 0.1) is 0 Å². The molecule has 0 radical (unpaired) electrons. The number of ether oxygens (including phenoxy) is 2. The topological polar surface area (TPSA) is 82.0 Å². The first-order valence-corrected chi connectivity index (χ1v) is 7.46. The van der Waals surface area contributed by atoms with Gasteiger partial charge in [-0.05, 0) is 24.3 Å². The predicted molar refractivity (Wildman–Crippen MR) is 94.7 cm³/mol. The van der Waals surface area contributed by atoms with Gasteiger partial charge in [-0.2, -0.15) is 0 Å². The maximum Gasteiger partial charge on any atom is 0.193 e. The largest absolute Gasteiger partial charge is 0.497 e. The average molecular weight is 325 g/mol. The summed E-state index contributed by atoms with van der Waals surface area (Å²) in [6.45, 7) is 0.347. The highest BCUT2D eigenvalue weighted by atomic mass is 16.5. The van der Waals surface area contributed by atoms with Crippen LogP contribution in [0.1, 0.15) is 5.76 Å². The van der Waals surface area contributed by atoms with Crippen LogP contribution in [-0.4, -0.2) is 20.2 Å². The molecule has 0 aliphatic rings. The van der Waals surface area contributed by atoms with Gasteiger partial charge in [0.1, 0.15) is 29.4 Å². The molecule has 6 heteroatoms. The molecule has 0 atom stereocenters. The molecule has 0 saturated heterocycles. The molecule has 3 rings (SSSR count). The van der Waals surface area contributed by atoms with Crippen LogP contribution in [0.15, 0.2) is 57.9 Å². The van der Waals surface area contributed by atoms with Gasteiger partial charge in [0, 0.05) is 11.5 Å². The van der Waals surface area contributed by atoms with Crippen LogP contribution in [0.3, 0.4) is 0 Å². The van der Waals surface area contributed by atoms with Crippen molar-refractivity contribution in [3.8, 4) is 11.5 Å². The smallest absolute Gasteiger partial charge is 0.193 e. The van der Waals surface area contributed by atoms with Crippen LogP contribution in [-0.2, 0) is 6.54 Å². The number of para-hydroxylation sites is 1. The quantitative estimate of drug-likeness (QED) is 0.555. The first kappa shape index (κ1) is 15.7. The summed E-state index contributed by atoms with van der Waals surface area (Å²) in [6.07, 6.45) is 0. The fraction of sp³-hybridized carbons (Fsp3) is 0.167. The highest BCUT2D eigenvalue weighted by molar-refractivity contribution is 5.94. The number of furan rings is 1. The Balaban J connectivity index is 1.74. The van der Waals surface area contributed by atoms with Crippen molar-refractivity contribution in [3.63, 3.8) is 0 Å². The van der Waals surface area contributed by atoms with Crippen molar-refractivity contribution >= 4 is 22.6 Å². The molecule has 3 N–H and O–H groups in total. The van der Waals surface area contributed by atoms with Gasteiger partial charge in [0.15, 0.2) is 5.96 Å². The van der Waals surface area contributed by atoms with Gasteiger partial charge in [-0.1, -0.05) is 18.2 Å². The second kappa shape index (κ2) is 6.95. The van der Waals surface area contributed by atoms with Gasteiger partial charge in [0.05, 0.1) is 19.9 Å². The summed E-state index contributed by atoms with van der Waals surface area (Å²) in [5.74, 6) is 2.36. The normalized spacial score (nSPS) is 11.5. The molecule has 3 aromatic rings. The summed E-state index contributed by atoms with van der Waals surface area (Å²) >= 11 is 0. The van der Waals surface area contributed by atoms with E-state index in [4.69, 9.17) is 19.6 Å². The van der Waals surface area contributed by atoms with Gasteiger partial charge in [-0.15, -0.1) is 0 Å². The first-order valence-electron chi connectivity index (χ1n) is 7.46.